The number of carbonyl (C=O) groups is 1. The normalized spacial score (nSPS) is 12.9. The van der Waals surface area contributed by atoms with E-state index >= 15 is 0 Å². The maximum atomic E-state index is 14.3. The zero-order chi connectivity index (χ0) is 22.1. The molecule has 1 unspecified atom stereocenters. The van der Waals surface area contributed by atoms with E-state index in [4.69, 9.17) is 16.7 Å². The number of nitrogens with zero attached hydrogens (tertiary/aromatic N) is 3. The van der Waals surface area contributed by atoms with Crippen molar-refractivity contribution in [3.8, 4) is 5.69 Å². The second-order valence-corrected chi connectivity index (χ2v) is 6.10. The van der Waals surface area contributed by atoms with Crippen molar-refractivity contribution >= 4 is 23.8 Å². The number of hydrogen-bond acceptors (Lipinski definition) is 5. The van der Waals surface area contributed by atoms with E-state index in [9.17, 15) is 31.9 Å². The first-order valence-electron chi connectivity index (χ1n) is 7.66. The summed E-state index contributed by atoms with van der Waals surface area (Å²) in [5.74, 6) is -2.47. The fraction of sp³-hybridized carbons (Fsp3) is 0.250. The van der Waals surface area contributed by atoms with Crippen molar-refractivity contribution < 1.29 is 32.3 Å². The molecule has 1 aromatic carbocycles. The molecular weight excluding hydrogens is 426 g/mol. The number of carboxylic acids is 1. The van der Waals surface area contributed by atoms with Crippen LogP contribution >= 0.6 is 11.6 Å². The molecular formula is C16H12ClF4N3O5. The summed E-state index contributed by atoms with van der Waals surface area (Å²) in [5.41, 5.74) is -5.13. The van der Waals surface area contributed by atoms with Crippen LogP contribution in [0.15, 0.2) is 32.9 Å². The number of hydrogen-bond donors (Lipinski definition) is 1. The third kappa shape index (κ3) is 4.65. The molecule has 1 atom stereocenters. The molecule has 1 heterocycles. The highest BCUT2D eigenvalue weighted by Gasteiger charge is 2.35. The third-order valence-electron chi connectivity index (χ3n) is 3.68. The lowest BCUT2D eigenvalue weighted by Crippen LogP contribution is -2.41. The molecule has 0 saturated heterocycles. The summed E-state index contributed by atoms with van der Waals surface area (Å²) in [4.78, 5) is 39.7. The van der Waals surface area contributed by atoms with Gasteiger partial charge in [0.05, 0.1) is 16.9 Å². The van der Waals surface area contributed by atoms with Gasteiger partial charge in [-0.1, -0.05) is 16.8 Å². The summed E-state index contributed by atoms with van der Waals surface area (Å²) in [6.45, 7) is 1.18. The van der Waals surface area contributed by atoms with Crippen LogP contribution in [0, 0.1) is 5.82 Å². The van der Waals surface area contributed by atoms with Crippen molar-refractivity contribution in [1.29, 1.82) is 0 Å². The van der Waals surface area contributed by atoms with Crippen LogP contribution < -0.4 is 11.2 Å². The minimum absolute atomic E-state index is 0.0884. The first kappa shape index (κ1) is 22.1. The number of rotatable bonds is 5. The van der Waals surface area contributed by atoms with Gasteiger partial charge in [0.15, 0.2) is 0 Å². The largest absolute Gasteiger partial charge is 0.478 e. The molecule has 0 fully saturated rings. The highest BCUT2D eigenvalue weighted by atomic mass is 35.5. The van der Waals surface area contributed by atoms with Crippen LogP contribution in [0.25, 0.3) is 5.69 Å². The molecule has 0 saturated carbocycles. The first-order valence-corrected chi connectivity index (χ1v) is 8.04. The Morgan fingerprint density at radius 1 is 1.31 bits per heavy atom. The van der Waals surface area contributed by atoms with Crippen LogP contribution in [0.5, 0.6) is 0 Å². The highest BCUT2D eigenvalue weighted by molar-refractivity contribution is 6.33. The van der Waals surface area contributed by atoms with Gasteiger partial charge in [-0.15, -0.1) is 0 Å². The Morgan fingerprint density at radius 2 is 1.93 bits per heavy atom. The molecule has 8 nitrogen and oxygen atoms in total. The zero-order valence-electron chi connectivity index (χ0n) is 14.7. The Balaban J connectivity index is 2.61. The molecule has 0 radical (unpaired) electrons. The van der Waals surface area contributed by atoms with Crippen LogP contribution in [-0.2, 0) is 22.9 Å². The Morgan fingerprint density at radius 3 is 2.48 bits per heavy atom. The molecule has 0 spiro atoms. The van der Waals surface area contributed by atoms with E-state index in [2.05, 4.69) is 9.99 Å². The quantitative estimate of drug-likeness (QED) is 0.439. The van der Waals surface area contributed by atoms with Gasteiger partial charge in [0.25, 0.3) is 5.56 Å². The van der Waals surface area contributed by atoms with Crippen LogP contribution in [0.4, 0.5) is 17.6 Å². The van der Waals surface area contributed by atoms with Crippen molar-refractivity contribution in [2.75, 3.05) is 0 Å². The van der Waals surface area contributed by atoms with Crippen molar-refractivity contribution in [1.82, 2.24) is 9.13 Å². The van der Waals surface area contributed by atoms with E-state index in [1.54, 1.807) is 0 Å². The summed E-state index contributed by atoms with van der Waals surface area (Å²) >= 11 is 5.84. The first-order chi connectivity index (χ1) is 13.3. The topological polar surface area (TPSA) is 103 Å². The molecule has 0 amide bonds. The fourth-order valence-corrected chi connectivity index (χ4v) is 2.37. The second kappa shape index (κ2) is 8.07. The highest BCUT2D eigenvalue weighted by Crippen LogP contribution is 2.27. The third-order valence-corrected chi connectivity index (χ3v) is 4.00. The summed E-state index contributed by atoms with van der Waals surface area (Å²) in [5, 5.41) is 11.8. The summed E-state index contributed by atoms with van der Waals surface area (Å²) in [7, 11) is 0.776. The summed E-state index contributed by atoms with van der Waals surface area (Å²) in [6, 6.07) is 1.75. The number of aliphatic carboxylic acids is 1. The van der Waals surface area contributed by atoms with Crippen LogP contribution in [0.1, 0.15) is 18.2 Å². The predicted octanol–water partition coefficient (Wildman–Crippen LogP) is 2.17. The standard InChI is InChI=1S/C16H12ClF4N3O5/c1-7(14(26)27)29-22-6-8-3-11(10(18)4-9(8)17)24-13(25)5-12(16(19,20)21)23(2)15(24)28/h3-7H,1-2H3,(H,26,27)/b22-6+. The van der Waals surface area contributed by atoms with Gasteiger partial charge < -0.3 is 9.94 Å². The number of oxime groups is 1. The summed E-state index contributed by atoms with van der Waals surface area (Å²) < 4.78 is 53.5. The predicted molar refractivity (Wildman–Crippen MR) is 93.0 cm³/mol. The molecule has 0 aliphatic heterocycles. The maximum absolute atomic E-state index is 14.3. The van der Waals surface area contributed by atoms with Gasteiger partial charge in [-0.05, 0) is 19.1 Å². The van der Waals surface area contributed by atoms with E-state index in [0.29, 0.717) is 6.07 Å². The fourth-order valence-electron chi connectivity index (χ4n) is 2.17. The Hall–Kier alpha value is -3.15. The lowest BCUT2D eigenvalue weighted by Gasteiger charge is -2.14. The molecule has 29 heavy (non-hydrogen) atoms. The van der Waals surface area contributed by atoms with Crippen molar-refractivity contribution in [2.24, 2.45) is 12.2 Å². The minimum atomic E-state index is -4.97. The Labute approximate surface area is 164 Å². The van der Waals surface area contributed by atoms with Gasteiger partial charge in [0.2, 0.25) is 6.10 Å². The van der Waals surface area contributed by atoms with E-state index in [1.165, 1.54) is 6.92 Å². The van der Waals surface area contributed by atoms with Crippen molar-refractivity contribution in [3.63, 3.8) is 0 Å². The van der Waals surface area contributed by atoms with Crippen molar-refractivity contribution in [2.45, 2.75) is 19.2 Å². The van der Waals surface area contributed by atoms with E-state index < -0.39 is 46.7 Å². The van der Waals surface area contributed by atoms with Gasteiger partial charge in [-0.3, -0.25) is 9.36 Å². The average Bonchev–Trinajstić information content (AvgIpc) is 2.60. The number of benzene rings is 1. The van der Waals surface area contributed by atoms with Gasteiger partial charge in [0, 0.05) is 18.7 Å². The molecule has 1 aromatic heterocycles. The number of halogens is 5. The van der Waals surface area contributed by atoms with Gasteiger partial charge in [-0.2, -0.15) is 13.2 Å². The molecule has 0 aliphatic carbocycles. The SMILES string of the molecule is CC(O/N=C/c1cc(-n2c(=O)cc(C(F)(F)F)n(C)c2=O)c(F)cc1Cl)C(=O)O. The van der Waals surface area contributed by atoms with Crippen LogP contribution in [-0.4, -0.2) is 32.5 Å². The molecule has 2 aromatic rings. The molecule has 1 N–H and O–H groups in total. The zero-order valence-corrected chi connectivity index (χ0v) is 15.5. The lowest BCUT2D eigenvalue weighted by molar-refractivity contribution is -0.149. The number of carboxylic acid groups (broad SMARTS) is 1. The Kier molecular flexibility index (Phi) is 6.16. The molecule has 156 valence electrons. The van der Waals surface area contributed by atoms with Crippen molar-refractivity contribution in [3.05, 3.63) is 61.1 Å². The minimum Gasteiger partial charge on any atom is -0.478 e. The monoisotopic (exact) mass is 437 g/mol. The van der Waals surface area contributed by atoms with E-state index in [0.717, 1.165) is 19.3 Å². The molecule has 13 heteroatoms. The Bertz CT molecular complexity index is 1110. The van der Waals surface area contributed by atoms with Gasteiger partial charge >= 0.3 is 17.8 Å². The number of alkyl halides is 3. The molecule has 2 rings (SSSR count). The molecule has 0 aliphatic rings. The van der Waals surface area contributed by atoms with Crippen LogP contribution in [0.2, 0.25) is 5.02 Å². The second-order valence-electron chi connectivity index (χ2n) is 5.69. The smallest absolute Gasteiger partial charge is 0.431 e. The molecule has 0 bridgehead atoms. The summed E-state index contributed by atoms with van der Waals surface area (Å²) in [6.07, 6.45) is -5.39. The maximum Gasteiger partial charge on any atom is 0.431 e. The van der Waals surface area contributed by atoms with Gasteiger partial charge in [-0.25, -0.2) is 18.5 Å². The lowest BCUT2D eigenvalue weighted by atomic mass is 10.2. The van der Waals surface area contributed by atoms with E-state index in [-0.39, 0.29) is 25.8 Å². The van der Waals surface area contributed by atoms with Crippen LogP contribution in [0.3, 0.4) is 0 Å². The van der Waals surface area contributed by atoms with Gasteiger partial charge in [0.1, 0.15) is 11.5 Å². The number of aromatic nitrogens is 2. The van der Waals surface area contributed by atoms with E-state index in [1.807, 2.05) is 0 Å². The average molecular weight is 438 g/mol.